The van der Waals surface area contributed by atoms with Crippen molar-refractivity contribution in [3.63, 3.8) is 0 Å². The lowest BCUT2D eigenvalue weighted by molar-refractivity contribution is 0.565. The van der Waals surface area contributed by atoms with Gasteiger partial charge in [-0.15, -0.1) is 0 Å². The molecule has 0 amide bonds. The van der Waals surface area contributed by atoms with Crippen LogP contribution in [0, 0.1) is 0 Å². The summed E-state index contributed by atoms with van der Waals surface area (Å²) in [6.07, 6.45) is 2.45. The number of thioether (sulfide) groups is 1. The minimum Gasteiger partial charge on any atom is -0.312 e. The zero-order valence-electron chi connectivity index (χ0n) is 7.25. The van der Waals surface area contributed by atoms with Gasteiger partial charge in [0.1, 0.15) is 9.84 Å². The minimum absolute atomic E-state index is 0.258. The third kappa shape index (κ3) is 4.33. The average Bonchev–Trinajstić information content (AvgIpc) is 2.36. The highest BCUT2D eigenvalue weighted by molar-refractivity contribution is 7.99. The van der Waals surface area contributed by atoms with Crippen LogP contribution in [-0.2, 0) is 9.84 Å². The second-order valence-corrected chi connectivity index (χ2v) is 6.55. The lowest BCUT2D eigenvalue weighted by atomic mass is 10.3. The third-order valence-corrected chi connectivity index (χ3v) is 3.94. The summed E-state index contributed by atoms with van der Waals surface area (Å²) in [6.45, 7) is 0.601. The molecule has 72 valence electrons. The van der Waals surface area contributed by atoms with Gasteiger partial charge in [-0.3, -0.25) is 0 Å². The highest BCUT2D eigenvalue weighted by atomic mass is 32.2. The summed E-state index contributed by atoms with van der Waals surface area (Å²) in [5.74, 6) is 2.59. The van der Waals surface area contributed by atoms with Crippen LogP contribution in [0.3, 0.4) is 0 Å². The lowest BCUT2D eigenvalue weighted by Crippen LogP contribution is -2.32. The maximum Gasteiger partial charge on any atom is 0.148 e. The predicted molar refractivity (Wildman–Crippen MR) is 53.4 cm³/mol. The summed E-state index contributed by atoms with van der Waals surface area (Å²) in [7, 11) is -2.79. The first-order chi connectivity index (χ1) is 5.58. The van der Waals surface area contributed by atoms with Crippen molar-refractivity contribution in [2.24, 2.45) is 0 Å². The predicted octanol–water partition coefficient (Wildman–Crippen LogP) is 0.126. The van der Waals surface area contributed by atoms with Crippen molar-refractivity contribution in [3.8, 4) is 0 Å². The van der Waals surface area contributed by atoms with Crippen molar-refractivity contribution in [1.29, 1.82) is 0 Å². The summed E-state index contributed by atoms with van der Waals surface area (Å²) in [6, 6.07) is 0.539. The molecule has 0 spiro atoms. The SMILES string of the molecule is CS(=O)(=O)CCNC1CCSC1. The van der Waals surface area contributed by atoms with E-state index in [0.29, 0.717) is 12.6 Å². The minimum atomic E-state index is -2.79. The van der Waals surface area contributed by atoms with E-state index in [9.17, 15) is 8.42 Å². The van der Waals surface area contributed by atoms with Crippen LogP contribution in [0.4, 0.5) is 0 Å². The molecule has 1 unspecified atom stereocenters. The second-order valence-electron chi connectivity index (χ2n) is 3.14. The second kappa shape index (κ2) is 4.48. The smallest absolute Gasteiger partial charge is 0.148 e. The maximum absolute atomic E-state index is 10.8. The Balaban J connectivity index is 2.09. The molecule has 12 heavy (non-hydrogen) atoms. The number of hydrogen-bond acceptors (Lipinski definition) is 4. The van der Waals surface area contributed by atoms with Crippen molar-refractivity contribution in [1.82, 2.24) is 5.32 Å². The van der Waals surface area contributed by atoms with Crippen molar-refractivity contribution >= 4 is 21.6 Å². The zero-order chi connectivity index (χ0) is 9.03. The molecular formula is C7H15NO2S2. The van der Waals surface area contributed by atoms with Gasteiger partial charge in [-0.25, -0.2) is 8.42 Å². The fraction of sp³-hybridized carbons (Fsp3) is 1.00. The molecule has 0 saturated carbocycles. The molecule has 5 heteroatoms. The molecule has 1 aliphatic rings. The molecule has 1 saturated heterocycles. The largest absolute Gasteiger partial charge is 0.312 e. The Kier molecular flexibility index (Phi) is 3.86. The van der Waals surface area contributed by atoms with E-state index < -0.39 is 9.84 Å². The molecule has 1 aliphatic heterocycles. The Morgan fingerprint density at radius 1 is 1.58 bits per heavy atom. The normalized spacial score (nSPS) is 24.6. The third-order valence-electron chi connectivity index (χ3n) is 1.84. The van der Waals surface area contributed by atoms with Crippen LogP contribution in [0.25, 0.3) is 0 Å². The Labute approximate surface area is 78.2 Å². The molecule has 0 aromatic heterocycles. The first-order valence-corrected chi connectivity index (χ1v) is 7.28. The molecule has 0 bridgehead atoms. The summed E-state index contributed by atoms with van der Waals surface area (Å²) in [5, 5.41) is 3.24. The Bertz CT molecular complexity index is 220. The molecule has 1 rings (SSSR count). The molecule has 1 fully saturated rings. The number of hydrogen-bond donors (Lipinski definition) is 1. The molecule has 1 heterocycles. The van der Waals surface area contributed by atoms with Gasteiger partial charge in [0.25, 0.3) is 0 Å². The lowest BCUT2D eigenvalue weighted by Gasteiger charge is -2.09. The van der Waals surface area contributed by atoms with Gasteiger partial charge in [-0.05, 0) is 12.2 Å². The molecule has 0 aromatic rings. The highest BCUT2D eigenvalue weighted by Crippen LogP contribution is 2.16. The molecule has 1 N–H and O–H groups in total. The zero-order valence-corrected chi connectivity index (χ0v) is 8.88. The Morgan fingerprint density at radius 3 is 2.83 bits per heavy atom. The first kappa shape index (κ1) is 10.3. The van der Waals surface area contributed by atoms with Crippen molar-refractivity contribution < 1.29 is 8.42 Å². The van der Waals surface area contributed by atoms with E-state index in [1.807, 2.05) is 11.8 Å². The number of sulfone groups is 1. The fourth-order valence-electron chi connectivity index (χ4n) is 1.14. The number of nitrogens with one attached hydrogen (secondary N) is 1. The van der Waals surface area contributed by atoms with E-state index in [1.54, 1.807) is 0 Å². The highest BCUT2D eigenvalue weighted by Gasteiger charge is 2.14. The van der Waals surface area contributed by atoms with Crippen molar-refractivity contribution in [2.75, 3.05) is 30.1 Å². The van der Waals surface area contributed by atoms with Crippen LogP contribution in [-0.4, -0.2) is 44.5 Å². The van der Waals surface area contributed by atoms with Crippen LogP contribution < -0.4 is 5.32 Å². The average molecular weight is 209 g/mol. The van der Waals surface area contributed by atoms with Gasteiger partial charge in [0.05, 0.1) is 5.75 Å². The first-order valence-electron chi connectivity index (χ1n) is 4.07. The molecule has 0 aliphatic carbocycles. The van der Waals surface area contributed by atoms with Gasteiger partial charge in [0, 0.05) is 24.6 Å². The molecule has 0 aromatic carbocycles. The van der Waals surface area contributed by atoms with Gasteiger partial charge >= 0.3 is 0 Å². The fourth-order valence-corrected chi connectivity index (χ4v) is 2.82. The van der Waals surface area contributed by atoms with E-state index in [-0.39, 0.29) is 5.75 Å². The van der Waals surface area contributed by atoms with Crippen LogP contribution in [0.2, 0.25) is 0 Å². The summed E-state index contributed by atoms with van der Waals surface area (Å²) in [4.78, 5) is 0. The molecule has 3 nitrogen and oxygen atoms in total. The van der Waals surface area contributed by atoms with Gasteiger partial charge < -0.3 is 5.32 Å². The van der Waals surface area contributed by atoms with E-state index in [4.69, 9.17) is 0 Å². The Morgan fingerprint density at radius 2 is 2.33 bits per heavy atom. The van der Waals surface area contributed by atoms with Crippen LogP contribution in [0.5, 0.6) is 0 Å². The summed E-state index contributed by atoms with van der Waals surface area (Å²) >= 11 is 1.93. The van der Waals surface area contributed by atoms with E-state index in [0.717, 1.165) is 5.75 Å². The van der Waals surface area contributed by atoms with E-state index in [2.05, 4.69) is 5.32 Å². The molecule has 1 atom stereocenters. The Hall–Kier alpha value is 0.260. The van der Waals surface area contributed by atoms with Gasteiger partial charge in [-0.1, -0.05) is 0 Å². The van der Waals surface area contributed by atoms with E-state index in [1.165, 1.54) is 18.4 Å². The molecule has 0 radical (unpaired) electrons. The summed E-state index contributed by atoms with van der Waals surface area (Å²) < 4.78 is 21.5. The topological polar surface area (TPSA) is 46.2 Å². The number of rotatable bonds is 4. The monoisotopic (exact) mass is 209 g/mol. The van der Waals surface area contributed by atoms with Gasteiger partial charge in [0.15, 0.2) is 0 Å². The van der Waals surface area contributed by atoms with Crippen molar-refractivity contribution in [3.05, 3.63) is 0 Å². The van der Waals surface area contributed by atoms with Crippen molar-refractivity contribution in [2.45, 2.75) is 12.5 Å². The quantitative estimate of drug-likeness (QED) is 0.715. The van der Waals surface area contributed by atoms with Crippen LogP contribution in [0.15, 0.2) is 0 Å². The summed E-state index contributed by atoms with van der Waals surface area (Å²) in [5.41, 5.74) is 0. The molecular weight excluding hydrogens is 194 g/mol. The van der Waals surface area contributed by atoms with Crippen LogP contribution in [0.1, 0.15) is 6.42 Å². The van der Waals surface area contributed by atoms with Gasteiger partial charge in [-0.2, -0.15) is 11.8 Å². The van der Waals surface area contributed by atoms with Gasteiger partial charge in [0.2, 0.25) is 0 Å². The standard InChI is InChI=1S/C7H15NO2S2/c1-12(9,10)5-3-8-7-2-4-11-6-7/h7-8H,2-6H2,1H3. The van der Waals surface area contributed by atoms with Crippen LogP contribution >= 0.6 is 11.8 Å². The maximum atomic E-state index is 10.8. The van der Waals surface area contributed by atoms with E-state index >= 15 is 0 Å².